The van der Waals surface area contributed by atoms with E-state index < -0.39 is 0 Å². The van der Waals surface area contributed by atoms with Crippen molar-refractivity contribution in [2.75, 3.05) is 13.2 Å². The molecule has 0 aliphatic rings. The van der Waals surface area contributed by atoms with E-state index in [0.29, 0.717) is 12.2 Å². The molecule has 0 heterocycles. The third kappa shape index (κ3) is 4.66. The van der Waals surface area contributed by atoms with Gasteiger partial charge in [0.15, 0.2) is 0 Å². The first-order valence-electron chi connectivity index (χ1n) is 7.65. The maximum Gasteiger partial charge on any atom is 0.335 e. The van der Waals surface area contributed by atoms with Gasteiger partial charge in [-0.15, -0.1) is 0 Å². The molecule has 23 heavy (non-hydrogen) atoms. The van der Waals surface area contributed by atoms with E-state index in [9.17, 15) is 4.79 Å². The highest BCUT2D eigenvalue weighted by atomic mass is 16.5. The van der Waals surface area contributed by atoms with Crippen LogP contribution in [0.15, 0.2) is 78.4 Å². The van der Waals surface area contributed by atoms with Gasteiger partial charge in [0.1, 0.15) is 0 Å². The first kappa shape index (κ1) is 16.7. The normalized spacial score (nSPS) is 11.0. The van der Waals surface area contributed by atoms with Crippen LogP contribution in [0.2, 0.25) is 0 Å². The van der Waals surface area contributed by atoms with Crippen LogP contribution in [-0.2, 0) is 9.53 Å². The van der Waals surface area contributed by atoms with Crippen LogP contribution in [-0.4, -0.2) is 19.1 Å². The highest BCUT2D eigenvalue weighted by Gasteiger charge is 2.08. The van der Waals surface area contributed by atoms with Crippen molar-refractivity contribution in [3.05, 3.63) is 89.5 Å². The maximum absolute atomic E-state index is 11.9. The zero-order chi connectivity index (χ0) is 16.5. The number of benzene rings is 2. The molecule has 0 aliphatic carbocycles. The number of ether oxygens (including phenoxy) is 1. The summed E-state index contributed by atoms with van der Waals surface area (Å²) < 4.78 is 5.02. The number of nitrogens with two attached hydrogens (primary N) is 1. The fourth-order valence-electron chi connectivity index (χ4n) is 2.22. The molecule has 3 nitrogen and oxygen atoms in total. The van der Waals surface area contributed by atoms with Gasteiger partial charge in [-0.25, -0.2) is 4.79 Å². The SMILES string of the molecule is CCOC(=O)/C(=C/C=C(c1ccccc1)c1ccccc1)CN. The zero-order valence-electron chi connectivity index (χ0n) is 13.2. The molecule has 2 rings (SSSR count). The molecule has 0 fully saturated rings. The van der Waals surface area contributed by atoms with Crippen molar-refractivity contribution in [3.8, 4) is 0 Å². The maximum atomic E-state index is 11.9. The third-order valence-electron chi connectivity index (χ3n) is 3.38. The number of carbonyl (C=O) groups excluding carboxylic acids is 1. The predicted molar refractivity (Wildman–Crippen MR) is 93.7 cm³/mol. The molecule has 2 aromatic rings. The Labute approximate surface area is 137 Å². The summed E-state index contributed by atoms with van der Waals surface area (Å²) in [6.45, 7) is 2.26. The number of allylic oxidation sites excluding steroid dienone is 2. The molecule has 0 unspecified atom stereocenters. The lowest BCUT2D eigenvalue weighted by atomic mass is 9.97. The Balaban J connectivity index is 2.43. The highest BCUT2D eigenvalue weighted by molar-refractivity contribution is 5.90. The Morgan fingerprint density at radius 2 is 1.48 bits per heavy atom. The van der Waals surface area contributed by atoms with Crippen LogP contribution >= 0.6 is 0 Å². The molecule has 0 bridgehead atoms. The molecule has 0 saturated heterocycles. The van der Waals surface area contributed by atoms with Crippen LogP contribution < -0.4 is 5.73 Å². The molecule has 3 heteroatoms. The lowest BCUT2D eigenvalue weighted by Gasteiger charge is -2.08. The quantitative estimate of drug-likeness (QED) is 0.504. The first-order valence-corrected chi connectivity index (χ1v) is 7.65. The smallest absolute Gasteiger partial charge is 0.335 e. The van der Waals surface area contributed by atoms with Gasteiger partial charge in [0.05, 0.1) is 12.2 Å². The van der Waals surface area contributed by atoms with E-state index in [1.54, 1.807) is 13.0 Å². The topological polar surface area (TPSA) is 52.3 Å². The second kappa shape index (κ2) is 8.71. The molecular weight excluding hydrogens is 286 g/mol. The average Bonchev–Trinajstić information content (AvgIpc) is 2.60. The van der Waals surface area contributed by atoms with E-state index in [2.05, 4.69) is 0 Å². The van der Waals surface area contributed by atoms with E-state index in [1.807, 2.05) is 66.7 Å². The van der Waals surface area contributed by atoms with E-state index in [1.165, 1.54) is 0 Å². The Hall–Kier alpha value is -2.65. The standard InChI is InChI=1S/C20H21NO2/c1-2-23-20(22)18(15-21)13-14-19(16-9-5-3-6-10-16)17-11-7-4-8-12-17/h3-14H,2,15,21H2,1H3/b18-13+. The van der Waals surface area contributed by atoms with Crippen molar-refractivity contribution in [3.63, 3.8) is 0 Å². The van der Waals surface area contributed by atoms with Crippen LogP contribution in [0.4, 0.5) is 0 Å². The summed E-state index contributed by atoms with van der Waals surface area (Å²) >= 11 is 0. The first-order chi connectivity index (χ1) is 11.3. The molecular formula is C20H21NO2. The molecule has 2 N–H and O–H groups in total. The molecule has 0 saturated carbocycles. The van der Waals surface area contributed by atoms with Gasteiger partial charge in [-0.1, -0.05) is 66.7 Å². The van der Waals surface area contributed by atoms with Gasteiger partial charge in [0.2, 0.25) is 0 Å². The van der Waals surface area contributed by atoms with Crippen molar-refractivity contribution >= 4 is 11.5 Å². The van der Waals surface area contributed by atoms with E-state index in [0.717, 1.165) is 16.7 Å². The summed E-state index contributed by atoms with van der Waals surface area (Å²) in [7, 11) is 0. The minimum atomic E-state index is -0.369. The monoisotopic (exact) mass is 307 g/mol. The van der Waals surface area contributed by atoms with Crippen LogP contribution in [0.25, 0.3) is 5.57 Å². The van der Waals surface area contributed by atoms with Gasteiger partial charge in [0.25, 0.3) is 0 Å². The molecule has 2 aromatic carbocycles. The molecule has 0 spiro atoms. The van der Waals surface area contributed by atoms with Crippen LogP contribution in [0.1, 0.15) is 18.1 Å². The molecule has 0 amide bonds. The minimum absolute atomic E-state index is 0.145. The van der Waals surface area contributed by atoms with Crippen molar-refractivity contribution < 1.29 is 9.53 Å². The molecule has 118 valence electrons. The Bertz CT molecular complexity index is 647. The average molecular weight is 307 g/mol. The lowest BCUT2D eigenvalue weighted by Crippen LogP contribution is -2.15. The number of carbonyl (C=O) groups is 1. The van der Waals surface area contributed by atoms with Gasteiger partial charge in [-0.2, -0.15) is 0 Å². The number of rotatable bonds is 6. The summed E-state index contributed by atoms with van der Waals surface area (Å²) in [5.41, 5.74) is 9.31. The van der Waals surface area contributed by atoms with E-state index >= 15 is 0 Å². The van der Waals surface area contributed by atoms with Crippen molar-refractivity contribution in [2.45, 2.75) is 6.92 Å². The fraction of sp³-hybridized carbons (Fsp3) is 0.150. The zero-order valence-corrected chi connectivity index (χ0v) is 13.2. The van der Waals surface area contributed by atoms with Gasteiger partial charge in [-0.05, 0) is 29.7 Å². The summed E-state index contributed by atoms with van der Waals surface area (Å²) in [6.07, 6.45) is 3.66. The molecule has 0 radical (unpaired) electrons. The van der Waals surface area contributed by atoms with Crippen molar-refractivity contribution in [1.29, 1.82) is 0 Å². The number of hydrogen-bond donors (Lipinski definition) is 1. The van der Waals surface area contributed by atoms with Crippen LogP contribution in [0.3, 0.4) is 0 Å². The van der Waals surface area contributed by atoms with Crippen molar-refractivity contribution in [1.82, 2.24) is 0 Å². The Morgan fingerprint density at radius 1 is 0.957 bits per heavy atom. The van der Waals surface area contributed by atoms with Gasteiger partial charge >= 0.3 is 5.97 Å². The number of esters is 1. The lowest BCUT2D eigenvalue weighted by molar-refractivity contribution is -0.138. The van der Waals surface area contributed by atoms with Crippen molar-refractivity contribution in [2.24, 2.45) is 5.73 Å². The van der Waals surface area contributed by atoms with Crippen LogP contribution in [0.5, 0.6) is 0 Å². The summed E-state index contributed by atoms with van der Waals surface area (Å²) in [6, 6.07) is 20.1. The van der Waals surface area contributed by atoms with Gasteiger partial charge < -0.3 is 10.5 Å². The van der Waals surface area contributed by atoms with Crippen LogP contribution in [0, 0.1) is 0 Å². The fourth-order valence-corrected chi connectivity index (χ4v) is 2.22. The second-order valence-electron chi connectivity index (χ2n) is 4.93. The van der Waals surface area contributed by atoms with Gasteiger partial charge in [-0.3, -0.25) is 0 Å². The minimum Gasteiger partial charge on any atom is -0.463 e. The number of hydrogen-bond acceptors (Lipinski definition) is 3. The summed E-state index contributed by atoms with van der Waals surface area (Å²) in [4.78, 5) is 11.9. The van der Waals surface area contributed by atoms with E-state index in [4.69, 9.17) is 10.5 Å². The molecule has 0 aliphatic heterocycles. The van der Waals surface area contributed by atoms with Gasteiger partial charge in [0, 0.05) is 6.54 Å². The highest BCUT2D eigenvalue weighted by Crippen LogP contribution is 2.23. The summed E-state index contributed by atoms with van der Waals surface area (Å²) in [5, 5.41) is 0. The Morgan fingerprint density at radius 3 is 1.91 bits per heavy atom. The largest absolute Gasteiger partial charge is 0.463 e. The molecule has 0 aromatic heterocycles. The third-order valence-corrected chi connectivity index (χ3v) is 3.38. The summed E-state index contributed by atoms with van der Waals surface area (Å²) in [5.74, 6) is -0.369. The predicted octanol–water partition coefficient (Wildman–Crippen LogP) is 3.57. The molecule has 0 atom stereocenters. The Kier molecular flexibility index (Phi) is 6.33. The second-order valence-corrected chi connectivity index (χ2v) is 4.93. The van der Waals surface area contributed by atoms with E-state index in [-0.39, 0.29) is 12.5 Å².